The van der Waals surface area contributed by atoms with E-state index in [0.29, 0.717) is 11.6 Å². The fraction of sp³-hybridized carbons (Fsp3) is 0.786. The maximum absolute atomic E-state index is 12.6. The van der Waals surface area contributed by atoms with Crippen LogP contribution in [0.5, 0.6) is 0 Å². The summed E-state index contributed by atoms with van der Waals surface area (Å²) in [6, 6.07) is 1.16. The summed E-state index contributed by atoms with van der Waals surface area (Å²) in [5.41, 5.74) is -0.214. The maximum Gasteiger partial charge on any atom is 0.435 e. The SMILES string of the molecule is FC(F)(F)c1cc([C@@H]2CCCN(C[C@H]3CCOC3)C2)[nH]n1. The van der Waals surface area contributed by atoms with Gasteiger partial charge in [-0.3, -0.25) is 5.10 Å². The maximum atomic E-state index is 12.6. The third-order valence-electron chi connectivity index (χ3n) is 4.37. The summed E-state index contributed by atoms with van der Waals surface area (Å²) in [7, 11) is 0. The highest BCUT2D eigenvalue weighted by atomic mass is 19.4. The van der Waals surface area contributed by atoms with Crippen molar-refractivity contribution >= 4 is 0 Å². The molecule has 4 nitrogen and oxygen atoms in total. The Morgan fingerprint density at radius 2 is 2.24 bits per heavy atom. The van der Waals surface area contributed by atoms with E-state index in [0.717, 1.165) is 58.2 Å². The first-order chi connectivity index (χ1) is 10.0. The number of aromatic nitrogens is 2. The number of hydrogen-bond donors (Lipinski definition) is 1. The number of nitrogens with zero attached hydrogens (tertiary/aromatic N) is 2. The average molecular weight is 303 g/mol. The standard InChI is InChI=1S/C14H20F3N3O/c15-14(16,17)13-6-12(18-19-13)11-2-1-4-20(8-11)7-10-3-5-21-9-10/h6,10-11H,1-5,7-9H2,(H,18,19)/t10-,11-/m1/s1. The van der Waals surface area contributed by atoms with Gasteiger partial charge in [0.25, 0.3) is 0 Å². The predicted molar refractivity (Wildman–Crippen MR) is 70.9 cm³/mol. The van der Waals surface area contributed by atoms with Gasteiger partial charge in [0.15, 0.2) is 5.69 Å². The lowest BCUT2D eigenvalue weighted by Crippen LogP contribution is -2.38. The second-order valence-electron chi connectivity index (χ2n) is 6.03. The number of piperidine rings is 1. The van der Waals surface area contributed by atoms with Crippen LogP contribution in [-0.2, 0) is 10.9 Å². The van der Waals surface area contributed by atoms with Crippen molar-refractivity contribution in [2.45, 2.75) is 31.4 Å². The molecule has 2 aliphatic rings. The number of ether oxygens (including phenoxy) is 1. The van der Waals surface area contributed by atoms with E-state index in [1.807, 2.05) is 0 Å². The first kappa shape index (κ1) is 14.8. The Labute approximate surface area is 121 Å². The van der Waals surface area contributed by atoms with Crippen molar-refractivity contribution in [3.05, 3.63) is 17.5 Å². The minimum Gasteiger partial charge on any atom is -0.381 e. The van der Waals surface area contributed by atoms with Crippen LogP contribution in [0.15, 0.2) is 6.07 Å². The van der Waals surface area contributed by atoms with Gasteiger partial charge in [-0.15, -0.1) is 0 Å². The van der Waals surface area contributed by atoms with Crippen LogP contribution in [0, 0.1) is 5.92 Å². The number of hydrogen-bond acceptors (Lipinski definition) is 3. The van der Waals surface area contributed by atoms with Crippen molar-refractivity contribution in [1.29, 1.82) is 0 Å². The van der Waals surface area contributed by atoms with E-state index in [-0.39, 0.29) is 5.92 Å². The molecule has 2 fully saturated rings. The van der Waals surface area contributed by atoms with Gasteiger partial charge in [-0.05, 0) is 37.8 Å². The first-order valence-corrected chi connectivity index (χ1v) is 7.45. The Morgan fingerprint density at radius 3 is 2.90 bits per heavy atom. The molecule has 0 spiro atoms. The second kappa shape index (κ2) is 5.96. The van der Waals surface area contributed by atoms with Crippen LogP contribution < -0.4 is 0 Å². The number of halogens is 3. The lowest BCUT2D eigenvalue weighted by molar-refractivity contribution is -0.141. The molecular formula is C14H20F3N3O. The van der Waals surface area contributed by atoms with E-state index in [2.05, 4.69) is 15.1 Å². The van der Waals surface area contributed by atoms with Crippen molar-refractivity contribution < 1.29 is 17.9 Å². The van der Waals surface area contributed by atoms with Crippen molar-refractivity contribution in [3.8, 4) is 0 Å². The van der Waals surface area contributed by atoms with Gasteiger partial charge in [-0.25, -0.2) is 0 Å². The Bertz CT molecular complexity index is 468. The molecule has 2 atom stereocenters. The molecule has 1 N–H and O–H groups in total. The predicted octanol–water partition coefficient (Wildman–Crippen LogP) is 2.64. The summed E-state index contributed by atoms with van der Waals surface area (Å²) in [6.45, 7) is 4.45. The van der Waals surface area contributed by atoms with E-state index >= 15 is 0 Å². The highest BCUT2D eigenvalue weighted by Crippen LogP contribution is 2.32. The van der Waals surface area contributed by atoms with Gasteiger partial charge in [0.2, 0.25) is 0 Å². The van der Waals surface area contributed by atoms with Crippen LogP contribution in [0.4, 0.5) is 13.2 Å². The molecule has 0 aromatic carbocycles. The van der Waals surface area contributed by atoms with E-state index in [9.17, 15) is 13.2 Å². The molecule has 3 heterocycles. The van der Waals surface area contributed by atoms with Crippen LogP contribution in [-0.4, -0.2) is 47.9 Å². The smallest absolute Gasteiger partial charge is 0.381 e. The molecule has 21 heavy (non-hydrogen) atoms. The summed E-state index contributed by atoms with van der Waals surface area (Å²) >= 11 is 0. The zero-order valence-corrected chi connectivity index (χ0v) is 11.8. The lowest BCUT2D eigenvalue weighted by atomic mass is 9.93. The molecule has 0 radical (unpaired) electrons. The molecule has 2 saturated heterocycles. The quantitative estimate of drug-likeness (QED) is 0.933. The molecule has 2 aliphatic heterocycles. The molecule has 0 bridgehead atoms. The van der Waals surface area contributed by atoms with Gasteiger partial charge in [-0.2, -0.15) is 18.3 Å². The summed E-state index contributed by atoms with van der Waals surface area (Å²) in [5.74, 6) is 0.681. The lowest BCUT2D eigenvalue weighted by Gasteiger charge is -2.33. The summed E-state index contributed by atoms with van der Waals surface area (Å²) in [4.78, 5) is 2.35. The van der Waals surface area contributed by atoms with E-state index in [1.165, 1.54) is 0 Å². The van der Waals surface area contributed by atoms with Crippen LogP contribution in [0.25, 0.3) is 0 Å². The minimum absolute atomic E-state index is 0.115. The Hall–Kier alpha value is -1.08. The molecule has 118 valence electrons. The van der Waals surface area contributed by atoms with Gasteiger partial charge in [0.05, 0.1) is 6.61 Å². The van der Waals surface area contributed by atoms with Crippen LogP contribution >= 0.6 is 0 Å². The molecule has 1 aromatic heterocycles. The third kappa shape index (κ3) is 3.58. The number of nitrogens with one attached hydrogen (secondary N) is 1. The number of likely N-dealkylation sites (tertiary alicyclic amines) is 1. The van der Waals surface area contributed by atoms with Gasteiger partial charge >= 0.3 is 6.18 Å². The summed E-state index contributed by atoms with van der Waals surface area (Å²) in [6.07, 6.45) is -1.36. The van der Waals surface area contributed by atoms with Gasteiger partial charge in [-0.1, -0.05) is 0 Å². The van der Waals surface area contributed by atoms with E-state index in [1.54, 1.807) is 0 Å². The van der Waals surface area contributed by atoms with Crippen molar-refractivity contribution in [2.75, 3.05) is 32.8 Å². The number of rotatable bonds is 3. The molecule has 3 rings (SSSR count). The van der Waals surface area contributed by atoms with Crippen LogP contribution in [0.1, 0.15) is 36.6 Å². The summed E-state index contributed by atoms with van der Waals surface area (Å²) < 4.78 is 43.2. The molecule has 0 amide bonds. The van der Waals surface area contributed by atoms with Crippen molar-refractivity contribution in [3.63, 3.8) is 0 Å². The zero-order valence-electron chi connectivity index (χ0n) is 11.8. The topological polar surface area (TPSA) is 41.1 Å². The number of H-pyrrole nitrogens is 1. The summed E-state index contributed by atoms with van der Waals surface area (Å²) in [5, 5.41) is 5.98. The van der Waals surface area contributed by atoms with Gasteiger partial charge < -0.3 is 9.64 Å². The third-order valence-corrected chi connectivity index (χ3v) is 4.37. The molecule has 0 unspecified atom stereocenters. The van der Waals surface area contributed by atoms with Crippen LogP contribution in [0.3, 0.4) is 0 Å². The Morgan fingerprint density at radius 1 is 1.38 bits per heavy atom. The highest BCUT2D eigenvalue weighted by molar-refractivity contribution is 5.16. The zero-order chi connectivity index (χ0) is 14.9. The van der Waals surface area contributed by atoms with Gasteiger partial charge in [0.1, 0.15) is 0 Å². The Balaban J connectivity index is 1.61. The van der Waals surface area contributed by atoms with Crippen LogP contribution in [0.2, 0.25) is 0 Å². The fourth-order valence-electron chi connectivity index (χ4n) is 3.26. The van der Waals surface area contributed by atoms with Gasteiger partial charge in [0, 0.05) is 31.3 Å². The monoisotopic (exact) mass is 303 g/mol. The number of aromatic amines is 1. The molecular weight excluding hydrogens is 283 g/mol. The largest absolute Gasteiger partial charge is 0.435 e. The fourth-order valence-corrected chi connectivity index (χ4v) is 3.26. The number of alkyl halides is 3. The molecule has 0 aliphatic carbocycles. The minimum atomic E-state index is -4.37. The van der Waals surface area contributed by atoms with E-state index in [4.69, 9.17) is 4.74 Å². The normalized spacial score (nSPS) is 28.1. The first-order valence-electron chi connectivity index (χ1n) is 7.45. The molecule has 7 heteroatoms. The van der Waals surface area contributed by atoms with Crippen molar-refractivity contribution in [2.24, 2.45) is 5.92 Å². The average Bonchev–Trinajstić information content (AvgIpc) is 3.09. The molecule has 0 saturated carbocycles. The van der Waals surface area contributed by atoms with E-state index < -0.39 is 11.9 Å². The van der Waals surface area contributed by atoms with Crippen molar-refractivity contribution in [1.82, 2.24) is 15.1 Å². The molecule has 1 aromatic rings. The Kier molecular flexibility index (Phi) is 4.21. The highest BCUT2D eigenvalue weighted by Gasteiger charge is 2.35. The second-order valence-corrected chi connectivity index (χ2v) is 6.03.